The van der Waals surface area contributed by atoms with Crippen LogP contribution >= 0.6 is 15.9 Å². The molecule has 1 aromatic rings. The number of amides is 1. The Labute approximate surface area is 122 Å². The number of carbonyl (C=O) groups is 1. The van der Waals surface area contributed by atoms with Gasteiger partial charge in [-0.15, -0.1) is 0 Å². The molecule has 1 saturated heterocycles. The standard InChI is InChI=1S/C15H19BrN2O/c1-10-8-12(4-6-17-10)15(19)18-7-5-11-2-3-13(16)9-14(11)18/h2-3,9-10,12,17H,4-8H2,1H3/t10-,12-/m0/s1. The monoisotopic (exact) mass is 322 g/mol. The van der Waals surface area contributed by atoms with E-state index in [-0.39, 0.29) is 5.92 Å². The number of anilines is 1. The summed E-state index contributed by atoms with van der Waals surface area (Å²) in [5.41, 5.74) is 2.39. The quantitative estimate of drug-likeness (QED) is 0.862. The molecule has 19 heavy (non-hydrogen) atoms. The molecular formula is C15H19BrN2O. The van der Waals surface area contributed by atoms with Crippen molar-refractivity contribution in [2.75, 3.05) is 18.0 Å². The molecule has 1 amide bonds. The summed E-state index contributed by atoms with van der Waals surface area (Å²) < 4.78 is 1.05. The predicted octanol–water partition coefficient (Wildman–Crippen LogP) is 2.73. The van der Waals surface area contributed by atoms with Crippen molar-refractivity contribution >= 4 is 27.5 Å². The largest absolute Gasteiger partial charge is 0.314 e. The lowest BCUT2D eigenvalue weighted by Crippen LogP contribution is -2.43. The van der Waals surface area contributed by atoms with Crippen molar-refractivity contribution in [3.8, 4) is 0 Å². The van der Waals surface area contributed by atoms with Crippen LogP contribution in [0, 0.1) is 5.92 Å². The molecule has 4 heteroatoms. The van der Waals surface area contributed by atoms with Crippen LogP contribution in [0.5, 0.6) is 0 Å². The molecule has 0 unspecified atom stereocenters. The van der Waals surface area contributed by atoms with Crippen LogP contribution in [-0.4, -0.2) is 25.0 Å². The molecule has 1 fully saturated rings. The summed E-state index contributed by atoms with van der Waals surface area (Å²) >= 11 is 3.50. The smallest absolute Gasteiger partial charge is 0.230 e. The van der Waals surface area contributed by atoms with E-state index in [0.717, 1.165) is 42.5 Å². The summed E-state index contributed by atoms with van der Waals surface area (Å²) in [6.45, 7) is 3.95. The van der Waals surface area contributed by atoms with Gasteiger partial charge in [-0.1, -0.05) is 22.0 Å². The Hall–Kier alpha value is -0.870. The number of hydrogen-bond acceptors (Lipinski definition) is 2. The highest BCUT2D eigenvalue weighted by Crippen LogP contribution is 2.33. The predicted molar refractivity (Wildman–Crippen MR) is 80.4 cm³/mol. The molecule has 0 bridgehead atoms. The van der Waals surface area contributed by atoms with Gasteiger partial charge in [-0.2, -0.15) is 0 Å². The Morgan fingerprint density at radius 3 is 3.11 bits per heavy atom. The summed E-state index contributed by atoms with van der Waals surface area (Å²) in [4.78, 5) is 14.7. The summed E-state index contributed by atoms with van der Waals surface area (Å²) in [6, 6.07) is 6.70. The van der Waals surface area contributed by atoms with E-state index < -0.39 is 0 Å². The Morgan fingerprint density at radius 1 is 1.47 bits per heavy atom. The van der Waals surface area contributed by atoms with Crippen LogP contribution in [0.2, 0.25) is 0 Å². The summed E-state index contributed by atoms with van der Waals surface area (Å²) in [5, 5.41) is 3.41. The average molecular weight is 323 g/mol. The second-order valence-electron chi connectivity index (χ2n) is 5.59. The van der Waals surface area contributed by atoms with E-state index in [1.165, 1.54) is 5.56 Å². The normalized spacial score (nSPS) is 26.3. The lowest BCUT2D eigenvalue weighted by molar-refractivity contribution is -0.123. The third kappa shape index (κ3) is 2.56. The van der Waals surface area contributed by atoms with Gasteiger partial charge in [0, 0.05) is 28.7 Å². The zero-order valence-electron chi connectivity index (χ0n) is 11.2. The molecule has 1 aromatic carbocycles. The number of piperidine rings is 1. The van der Waals surface area contributed by atoms with Gasteiger partial charge in [-0.05, 0) is 50.4 Å². The fourth-order valence-electron chi connectivity index (χ4n) is 3.16. The van der Waals surface area contributed by atoms with E-state index in [9.17, 15) is 4.79 Å². The zero-order valence-corrected chi connectivity index (χ0v) is 12.7. The Kier molecular flexibility index (Phi) is 3.63. The average Bonchev–Trinajstić information content (AvgIpc) is 2.80. The summed E-state index contributed by atoms with van der Waals surface area (Å²) in [5.74, 6) is 0.492. The van der Waals surface area contributed by atoms with Crippen molar-refractivity contribution in [2.45, 2.75) is 32.2 Å². The molecule has 2 atom stereocenters. The number of carbonyl (C=O) groups excluding carboxylic acids is 1. The van der Waals surface area contributed by atoms with Gasteiger partial charge < -0.3 is 10.2 Å². The lowest BCUT2D eigenvalue weighted by Gasteiger charge is -2.30. The Morgan fingerprint density at radius 2 is 2.32 bits per heavy atom. The molecule has 0 spiro atoms. The van der Waals surface area contributed by atoms with E-state index in [1.54, 1.807) is 0 Å². The third-order valence-electron chi connectivity index (χ3n) is 4.18. The molecule has 2 heterocycles. The van der Waals surface area contributed by atoms with Crippen molar-refractivity contribution in [1.82, 2.24) is 5.32 Å². The van der Waals surface area contributed by atoms with E-state index in [4.69, 9.17) is 0 Å². The maximum absolute atomic E-state index is 12.7. The van der Waals surface area contributed by atoms with Crippen molar-refractivity contribution in [2.24, 2.45) is 5.92 Å². The zero-order chi connectivity index (χ0) is 13.4. The van der Waals surface area contributed by atoms with E-state index >= 15 is 0 Å². The van der Waals surface area contributed by atoms with Gasteiger partial charge in [-0.3, -0.25) is 4.79 Å². The van der Waals surface area contributed by atoms with Gasteiger partial charge in [0.25, 0.3) is 0 Å². The van der Waals surface area contributed by atoms with Gasteiger partial charge >= 0.3 is 0 Å². The molecule has 3 nitrogen and oxygen atoms in total. The minimum Gasteiger partial charge on any atom is -0.314 e. The van der Waals surface area contributed by atoms with Crippen LogP contribution in [0.25, 0.3) is 0 Å². The molecule has 0 aromatic heterocycles. The van der Waals surface area contributed by atoms with Crippen LogP contribution in [0.3, 0.4) is 0 Å². The van der Waals surface area contributed by atoms with Gasteiger partial charge in [0.15, 0.2) is 0 Å². The molecular weight excluding hydrogens is 304 g/mol. The van der Waals surface area contributed by atoms with Crippen LogP contribution in [-0.2, 0) is 11.2 Å². The van der Waals surface area contributed by atoms with E-state index in [2.05, 4.69) is 46.4 Å². The summed E-state index contributed by atoms with van der Waals surface area (Å²) in [6.07, 6.45) is 2.90. The van der Waals surface area contributed by atoms with Crippen molar-refractivity contribution < 1.29 is 4.79 Å². The molecule has 0 radical (unpaired) electrons. The van der Waals surface area contributed by atoms with Crippen LogP contribution in [0.1, 0.15) is 25.3 Å². The second kappa shape index (κ2) is 5.25. The van der Waals surface area contributed by atoms with Crippen molar-refractivity contribution in [3.63, 3.8) is 0 Å². The van der Waals surface area contributed by atoms with Gasteiger partial charge in [-0.25, -0.2) is 0 Å². The Balaban J connectivity index is 1.81. The molecule has 3 rings (SSSR count). The van der Waals surface area contributed by atoms with Crippen LogP contribution in [0.4, 0.5) is 5.69 Å². The first-order valence-corrected chi connectivity index (χ1v) is 7.77. The number of rotatable bonds is 1. The number of halogens is 1. The van der Waals surface area contributed by atoms with E-state index in [0.29, 0.717) is 11.9 Å². The maximum Gasteiger partial charge on any atom is 0.230 e. The highest BCUT2D eigenvalue weighted by molar-refractivity contribution is 9.10. The number of benzene rings is 1. The molecule has 2 aliphatic heterocycles. The molecule has 0 saturated carbocycles. The topological polar surface area (TPSA) is 32.3 Å². The fourth-order valence-corrected chi connectivity index (χ4v) is 3.51. The van der Waals surface area contributed by atoms with Crippen molar-refractivity contribution in [1.29, 1.82) is 0 Å². The highest BCUT2D eigenvalue weighted by atomic mass is 79.9. The minimum absolute atomic E-state index is 0.182. The molecule has 1 N–H and O–H groups in total. The minimum atomic E-state index is 0.182. The molecule has 2 aliphatic rings. The third-order valence-corrected chi connectivity index (χ3v) is 4.68. The van der Waals surface area contributed by atoms with Gasteiger partial charge in [0.1, 0.15) is 0 Å². The molecule has 102 valence electrons. The van der Waals surface area contributed by atoms with Crippen molar-refractivity contribution in [3.05, 3.63) is 28.2 Å². The van der Waals surface area contributed by atoms with Crippen LogP contribution < -0.4 is 10.2 Å². The number of nitrogens with zero attached hydrogens (tertiary/aromatic N) is 1. The van der Waals surface area contributed by atoms with Crippen LogP contribution in [0.15, 0.2) is 22.7 Å². The summed E-state index contributed by atoms with van der Waals surface area (Å²) in [7, 11) is 0. The first-order valence-electron chi connectivity index (χ1n) is 6.98. The van der Waals surface area contributed by atoms with Gasteiger partial charge in [0.05, 0.1) is 0 Å². The number of hydrogen-bond donors (Lipinski definition) is 1. The molecule has 0 aliphatic carbocycles. The SMILES string of the molecule is C[C@H]1C[C@@H](C(=O)N2CCc3ccc(Br)cc32)CCN1. The first kappa shape index (κ1) is 13.1. The highest BCUT2D eigenvalue weighted by Gasteiger charge is 2.32. The Bertz CT molecular complexity index is 503. The fraction of sp³-hybridized carbons (Fsp3) is 0.533. The second-order valence-corrected chi connectivity index (χ2v) is 6.51. The maximum atomic E-state index is 12.7. The lowest BCUT2D eigenvalue weighted by atomic mass is 9.92. The van der Waals surface area contributed by atoms with Gasteiger partial charge in [0.2, 0.25) is 5.91 Å². The number of nitrogens with one attached hydrogen (secondary N) is 1. The first-order chi connectivity index (χ1) is 9.15. The van der Waals surface area contributed by atoms with E-state index in [1.807, 2.05) is 4.90 Å². The number of fused-ring (bicyclic) bond motifs is 1.